The molecule has 19 heavy (non-hydrogen) atoms. The molecule has 0 saturated carbocycles. The summed E-state index contributed by atoms with van der Waals surface area (Å²) < 4.78 is 5.61. The van der Waals surface area contributed by atoms with Crippen molar-refractivity contribution >= 4 is 35.6 Å². The Morgan fingerprint density at radius 1 is 1.42 bits per heavy atom. The Morgan fingerprint density at radius 3 is 2.58 bits per heavy atom. The summed E-state index contributed by atoms with van der Waals surface area (Å²) in [4.78, 5) is 11.8. The minimum atomic E-state index is -0.254. The monoisotopic (exact) mass is 306 g/mol. The molecule has 1 amide bonds. The van der Waals surface area contributed by atoms with E-state index < -0.39 is 0 Å². The van der Waals surface area contributed by atoms with Gasteiger partial charge in [0.1, 0.15) is 0 Å². The lowest BCUT2D eigenvalue weighted by Crippen LogP contribution is -2.27. The van der Waals surface area contributed by atoms with Gasteiger partial charge in [0.05, 0.1) is 16.8 Å². The van der Waals surface area contributed by atoms with E-state index in [2.05, 4.69) is 5.32 Å². The zero-order valence-corrected chi connectivity index (χ0v) is 12.8. The van der Waals surface area contributed by atoms with Crippen LogP contribution >= 0.6 is 24.0 Å². The van der Waals surface area contributed by atoms with Gasteiger partial charge in [-0.2, -0.15) is 0 Å². The standard InChI is InChI=1S/C13H19ClN2O2.ClH/c1-8(2)18-12-10(14)5-4-6-11(12)16-13(17)9(3)7-15;/h4-6,8-9H,7,15H2,1-3H3,(H,16,17);1H. The van der Waals surface area contributed by atoms with E-state index in [4.69, 9.17) is 22.1 Å². The highest BCUT2D eigenvalue weighted by molar-refractivity contribution is 6.32. The van der Waals surface area contributed by atoms with Crippen molar-refractivity contribution in [2.75, 3.05) is 11.9 Å². The van der Waals surface area contributed by atoms with Gasteiger partial charge in [0.2, 0.25) is 5.91 Å². The molecule has 0 radical (unpaired) electrons. The molecule has 1 atom stereocenters. The van der Waals surface area contributed by atoms with Crippen molar-refractivity contribution < 1.29 is 9.53 Å². The van der Waals surface area contributed by atoms with E-state index >= 15 is 0 Å². The molecule has 0 aliphatic heterocycles. The summed E-state index contributed by atoms with van der Waals surface area (Å²) in [7, 11) is 0. The zero-order valence-electron chi connectivity index (χ0n) is 11.3. The lowest BCUT2D eigenvalue weighted by molar-refractivity contribution is -0.119. The van der Waals surface area contributed by atoms with E-state index in [0.717, 1.165) is 0 Å². The molecular weight excluding hydrogens is 287 g/mol. The minimum absolute atomic E-state index is 0. The van der Waals surface area contributed by atoms with Gasteiger partial charge in [-0.25, -0.2) is 0 Å². The Bertz CT molecular complexity index is 425. The third-order valence-corrected chi connectivity index (χ3v) is 2.68. The molecule has 0 aliphatic rings. The summed E-state index contributed by atoms with van der Waals surface area (Å²) in [5.41, 5.74) is 6.03. The molecule has 0 bridgehead atoms. The number of halogens is 2. The van der Waals surface area contributed by atoms with Crippen molar-refractivity contribution in [1.82, 2.24) is 0 Å². The molecule has 0 fully saturated rings. The number of hydrogen-bond donors (Lipinski definition) is 2. The van der Waals surface area contributed by atoms with Crippen LogP contribution in [0.4, 0.5) is 5.69 Å². The molecule has 0 saturated heterocycles. The van der Waals surface area contributed by atoms with E-state index in [1.807, 2.05) is 13.8 Å². The van der Waals surface area contributed by atoms with Crippen LogP contribution in [0.1, 0.15) is 20.8 Å². The number of nitrogens with one attached hydrogen (secondary N) is 1. The highest BCUT2D eigenvalue weighted by Crippen LogP contribution is 2.33. The second kappa shape index (κ2) is 8.25. The zero-order chi connectivity index (χ0) is 13.7. The minimum Gasteiger partial charge on any atom is -0.487 e. The molecule has 0 spiro atoms. The molecule has 3 N–H and O–H groups in total. The van der Waals surface area contributed by atoms with Crippen molar-refractivity contribution in [1.29, 1.82) is 0 Å². The fourth-order valence-corrected chi connectivity index (χ4v) is 1.54. The van der Waals surface area contributed by atoms with Crippen LogP contribution < -0.4 is 15.8 Å². The molecule has 6 heteroatoms. The fourth-order valence-electron chi connectivity index (χ4n) is 1.33. The molecular formula is C13H20Cl2N2O2. The number of nitrogens with two attached hydrogens (primary N) is 1. The number of amides is 1. The maximum atomic E-state index is 11.8. The number of benzene rings is 1. The van der Waals surface area contributed by atoms with Crippen molar-refractivity contribution in [3.8, 4) is 5.75 Å². The van der Waals surface area contributed by atoms with Crippen molar-refractivity contribution in [3.05, 3.63) is 23.2 Å². The van der Waals surface area contributed by atoms with Crippen LogP contribution in [0.2, 0.25) is 5.02 Å². The van der Waals surface area contributed by atoms with Gasteiger partial charge in [0, 0.05) is 12.5 Å². The third-order valence-electron chi connectivity index (χ3n) is 2.38. The summed E-state index contributed by atoms with van der Waals surface area (Å²) in [5, 5.41) is 3.25. The largest absolute Gasteiger partial charge is 0.487 e. The number of anilines is 1. The smallest absolute Gasteiger partial charge is 0.228 e. The van der Waals surface area contributed by atoms with Crippen LogP contribution in [0, 0.1) is 5.92 Å². The first-order chi connectivity index (χ1) is 8.45. The van der Waals surface area contributed by atoms with Crippen molar-refractivity contribution in [3.63, 3.8) is 0 Å². The Labute approximate surface area is 125 Å². The maximum absolute atomic E-state index is 11.8. The molecule has 0 aromatic heterocycles. The van der Waals surface area contributed by atoms with Crippen LogP contribution in [0.25, 0.3) is 0 Å². The van der Waals surface area contributed by atoms with Crippen molar-refractivity contribution in [2.24, 2.45) is 11.7 Å². The lowest BCUT2D eigenvalue weighted by Gasteiger charge is -2.17. The Kier molecular flexibility index (Phi) is 7.83. The number of carbonyl (C=O) groups excluding carboxylic acids is 1. The number of para-hydroxylation sites is 1. The van der Waals surface area contributed by atoms with E-state index in [9.17, 15) is 4.79 Å². The van der Waals surface area contributed by atoms with Gasteiger partial charge in [-0.05, 0) is 26.0 Å². The fraction of sp³-hybridized carbons (Fsp3) is 0.462. The quantitative estimate of drug-likeness (QED) is 0.878. The van der Waals surface area contributed by atoms with E-state index in [0.29, 0.717) is 23.0 Å². The SMILES string of the molecule is CC(C)Oc1c(Cl)cccc1NC(=O)C(C)CN.Cl. The van der Waals surface area contributed by atoms with Crippen LogP contribution in [0.3, 0.4) is 0 Å². The van der Waals surface area contributed by atoms with Gasteiger partial charge >= 0.3 is 0 Å². The van der Waals surface area contributed by atoms with Gasteiger partial charge in [-0.1, -0.05) is 24.6 Å². The van der Waals surface area contributed by atoms with Gasteiger partial charge in [0.15, 0.2) is 5.75 Å². The maximum Gasteiger partial charge on any atom is 0.228 e. The number of carbonyl (C=O) groups is 1. The summed E-state index contributed by atoms with van der Waals surface area (Å²) in [5.74, 6) is 0.0935. The van der Waals surface area contributed by atoms with Gasteiger partial charge in [-0.15, -0.1) is 12.4 Å². The van der Waals surface area contributed by atoms with E-state index in [-0.39, 0.29) is 30.3 Å². The van der Waals surface area contributed by atoms with Crippen LogP contribution in [-0.2, 0) is 4.79 Å². The highest BCUT2D eigenvalue weighted by Gasteiger charge is 2.16. The van der Waals surface area contributed by atoms with Crippen LogP contribution in [0.15, 0.2) is 18.2 Å². The summed E-state index contributed by atoms with van der Waals surface area (Å²) in [6.45, 7) is 5.87. The normalized spacial score (nSPS) is 11.7. The Morgan fingerprint density at radius 2 is 2.05 bits per heavy atom. The summed E-state index contributed by atoms with van der Waals surface area (Å²) in [6.07, 6.45) is -0.0208. The van der Waals surface area contributed by atoms with Crippen molar-refractivity contribution in [2.45, 2.75) is 26.9 Å². The van der Waals surface area contributed by atoms with Crippen LogP contribution in [-0.4, -0.2) is 18.6 Å². The molecule has 0 aliphatic carbocycles. The highest BCUT2D eigenvalue weighted by atomic mass is 35.5. The molecule has 1 aromatic rings. The predicted octanol–water partition coefficient (Wildman–Crippen LogP) is 3.08. The van der Waals surface area contributed by atoms with Gasteiger partial charge in [-0.3, -0.25) is 4.79 Å². The third kappa shape index (κ3) is 5.27. The molecule has 1 unspecified atom stereocenters. The first-order valence-corrected chi connectivity index (χ1v) is 6.29. The summed E-state index contributed by atoms with van der Waals surface area (Å²) >= 11 is 6.07. The molecule has 4 nitrogen and oxygen atoms in total. The molecule has 0 heterocycles. The Balaban J connectivity index is 0.00000324. The molecule has 1 aromatic carbocycles. The topological polar surface area (TPSA) is 64.3 Å². The average molecular weight is 307 g/mol. The number of rotatable bonds is 5. The number of ether oxygens (including phenoxy) is 1. The second-order valence-corrected chi connectivity index (χ2v) is 4.82. The first kappa shape index (κ1) is 18.0. The van der Waals surface area contributed by atoms with Gasteiger partial charge in [0.25, 0.3) is 0 Å². The Hall–Kier alpha value is -0.970. The summed E-state index contributed by atoms with van der Waals surface area (Å²) in [6, 6.07) is 5.24. The van der Waals surface area contributed by atoms with Crippen LogP contribution in [0.5, 0.6) is 5.75 Å². The lowest BCUT2D eigenvalue weighted by atomic mass is 10.1. The van der Waals surface area contributed by atoms with Gasteiger partial charge < -0.3 is 15.8 Å². The van der Waals surface area contributed by atoms with E-state index in [1.165, 1.54) is 0 Å². The molecule has 1 rings (SSSR count). The van der Waals surface area contributed by atoms with E-state index in [1.54, 1.807) is 25.1 Å². The average Bonchev–Trinajstić information content (AvgIpc) is 2.32. The first-order valence-electron chi connectivity index (χ1n) is 5.91. The predicted molar refractivity (Wildman–Crippen MR) is 81.3 cm³/mol. The molecule has 108 valence electrons. The second-order valence-electron chi connectivity index (χ2n) is 4.41. The number of hydrogen-bond acceptors (Lipinski definition) is 3.